The van der Waals surface area contributed by atoms with Gasteiger partial charge in [-0.3, -0.25) is 4.98 Å². The smallest absolute Gasteiger partial charge is 0.160 e. The number of nitrogens with zero attached hydrogens (tertiary/aromatic N) is 3. The van der Waals surface area contributed by atoms with Crippen LogP contribution in [0.3, 0.4) is 0 Å². The van der Waals surface area contributed by atoms with Gasteiger partial charge in [0.15, 0.2) is 5.82 Å². The summed E-state index contributed by atoms with van der Waals surface area (Å²) >= 11 is 0. The van der Waals surface area contributed by atoms with Gasteiger partial charge >= 0.3 is 0 Å². The van der Waals surface area contributed by atoms with E-state index in [4.69, 9.17) is 9.97 Å². The minimum absolute atomic E-state index is 0.00827. The van der Waals surface area contributed by atoms with E-state index < -0.39 is 0 Å². The van der Waals surface area contributed by atoms with Crippen LogP contribution in [0.2, 0.25) is 0 Å². The van der Waals surface area contributed by atoms with Crippen molar-refractivity contribution in [3.05, 3.63) is 163 Å². The maximum absolute atomic E-state index is 5.11. The van der Waals surface area contributed by atoms with Crippen LogP contribution in [0.1, 0.15) is 25.0 Å². The second kappa shape index (κ2) is 10.8. The lowest BCUT2D eigenvalue weighted by molar-refractivity contribution is 0.660. The number of hydrogen-bond acceptors (Lipinski definition) is 3. The summed E-state index contributed by atoms with van der Waals surface area (Å²) in [5, 5.41) is 0. The standard InChI is InChI=1S/C42H31N3/c1-42(2)37-16-7-6-15-35(37)36-25-32(21-22-38(36)42)31-12-8-13-33(24-31)39-26-40(34-14-9-23-43-27-34)45-41(44-39)30-19-17-29(18-20-30)28-10-4-3-5-11-28/h3-27H,1-2H3. The van der Waals surface area contributed by atoms with E-state index in [2.05, 4.69) is 140 Å². The predicted octanol–water partition coefficient (Wildman–Crippen LogP) is 10.5. The molecule has 8 rings (SSSR count). The molecule has 45 heavy (non-hydrogen) atoms. The first-order valence-electron chi connectivity index (χ1n) is 15.4. The van der Waals surface area contributed by atoms with E-state index >= 15 is 0 Å². The van der Waals surface area contributed by atoms with Crippen LogP contribution in [0.25, 0.3) is 67.3 Å². The Hall–Kier alpha value is -5.67. The number of fused-ring (bicyclic) bond motifs is 3. The fourth-order valence-electron chi connectivity index (χ4n) is 6.59. The average molecular weight is 578 g/mol. The third kappa shape index (κ3) is 4.83. The molecule has 0 radical (unpaired) electrons. The molecule has 0 amide bonds. The molecule has 0 spiro atoms. The van der Waals surface area contributed by atoms with Gasteiger partial charge in [-0.1, -0.05) is 123 Å². The SMILES string of the molecule is CC1(C)c2ccccc2-c2cc(-c3cccc(-c4cc(-c5cccnc5)nc(-c5ccc(-c6ccccc6)cc5)n4)c3)ccc21. The minimum Gasteiger partial charge on any atom is -0.264 e. The Balaban J connectivity index is 1.21. The maximum atomic E-state index is 5.11. The highest BCUT2D eigenvalue weighted by Gasteiger charge is 2.35. The zero-order chi connectivity index (χ0) is 30.4. The molecule has 0 N–H and O–H groups in total. The van der Waals surface area contributed by atoms with Crippen LogP contribution < -0.4 is 0 Å². The highest BCUT2D eigenvalue weighted by Crippen LogP contribution is 2.49. The fraction of sp³-hybridized carbons (Fsp3) is 0.0714. The molecule has 7 aromatic rings. The molecule has 2 aromatic heterocycles. The maximum Gasteiger partial charge on any atom is 0.160 e. The van der Waals surface area contributed by atoms with E-state index in [9.17, 15) is 0 Å². The summed E-state index contributed by atoms with van der Waals surface area (Å²) in [5.74, 6) is 0.688. The van der Waals surface area contributed by atoms with Crippen LogP contribution >= 0.6 is 0 Å². The Morgan fingerprint density at radius 1 is 0.422 bits per heavy atom. The summed E-state index contributed by atoms with van der Waals surface area (Å²) in [6.07, 6.45) is 3.64. The second-order valence-corrected chi connectivity index (χ2v) is 12.2. The monoisotopic (exact) mass is 577 g/mol. The van der Waals surface area contributed by atoms with Crippen LogP contribution in [0.15, 0.2) is 152 Å². The van der Waals surface area contributed by atoms with E-state index in [0.29, 0.717) is 5.82 Å². The van der Waals surface area contributed by atoms with Crippen molar-refractivity contribution in [3.8, 4) is 67.3 Å². The molecule has 3 heteroatoms. The van der Waals surface area contributed by atoms with Crippen molar-refractivity contribution in [1.82, 2.24) is 15.0 Å². The Labute approximate surface area is 264 Å². The minimum atomic E-state index is -0.00827. The van der Waals surface area contributed by atoms with E-state index in [1.165, 1.54) is 33.4 Å². The molecule has 0 saturated heterocycles. The third-order valence-electron chi connectivity index (χ3n) is 9.01. The number of rotatable bonds is 5. The largest absolute Gasteiger partial charge is 0.264 e. The van der Waals surface area contributed by atoms with Crippen LogP contribution in [0, 0.1) is 0 Å². The number of hydrogen-bond donors (Lipinski definition) is 0. The summed E-state index contributed by atoms with van der Waals surface area (Å²) in [6.45, 7) is 4.64. The molecular formula is C42H31N3. The van der Waals surface area contributed by atoms with E-state index in [-0.39, 0.29) is 5.41 Å². The van der Waals surface area contributed by atoms with Crippen LogP contribution in [-0.2, 0) is 5.41 Å². The molecule has 214 valence electrons. The first-order valence-corrected chi connectivity index (χ1v) is 15.4. The van der Waals surface area contributed by atoms with Crippen LogP contribution in [-0.4, -0.2) is 15.0 Å². The summed E-state index contributed by atoms with van der Waals surface area (Å²) in [4.78, 5) is 14.5. The lowest BCUT2D eigenvalue weighted by Crippen LogP contribution is -2.14. The Kier molecular flexibility index (Phi) is 6.46. The molecule has 3 nitrogen and oxygen atoms in total. The van der Waals surface area contributed by atoms with Gasteiger partial charge in [-0.05, 0) is 74.8 Å². The van der Waals surface area contributed by atoms with Gasteiger partial charge in [0, 0.05) is 34.5 Å². The topological polar surface area (TPSA) is 38.7 Å². The Bertz CT molecular complexity index is 2170. The zero-order valence-electron chi connectivity index (χ0n) is 25.3. The normalized spacial score (nSPS) is 12.8. The highest BCUT2D eigenvalue weighted by atomic mass is 14.9. The van der Waals surface area contributed by atoms with Crippen LogP contribution in [0.5, 0.6) is 0 Å². The first kappa shape index (κ1) is 26.9. The number of aromatic nitrogens is 3. The summed E-state index contributed by atoms with van der Waals surface area (Å²) in [6, 6.07) is 49.3. The first-order chi connectivity index (χ1) is 22.0. The molecule has 0 aliphatic heterocycles. The quantitative estimate of drug-likeness (QED) is 0.204. The van der Waals surface area contributed by atoms with E-state index in [1.54, 1.807) is 6.20 Å². The van der Waals surface area contributed by atoms with Gasteiger partial charge in [0.25, 0.3) is 0 Å². The molecule has 0 saturated carbocycles. The number of benzene rings is 5. The van der Waals surface area contributed by atoms with Gasteiger partial charge < -0.3 is 0 Å². The Morgan fingerprint density at radius 2 is 1.02 bits per heavy atom. The van der Waals surface area contributed by atoms with Gasteiger partial charge in [0.05, 0.1) is 11.4 Å². The lowest BCUT2D eigenvalue weighted by atomic mass is 9.82. The lowest BCUT2D eigenvalue weighted by Gasteiger charge is -2.21. The molecule has 1 aliphatic carbocycles. The van der Waals surface area contributed by atoms with Crippen LogP contribution in [0.4, 0.5) is 0 Å². The number of pyridine rings is 1. The van der Waals surface area contributed by atoms with Gasteiger partial charge in [-0.15, -0.1) is 0 Å². The third-order valence-corrected chi connectivity index (χ3v) is 9.01. The van der Waals surface area contributed by atoms with E-state index in [0.717, 1.165) is 39.2 Å². The zero-order valence-corrected chi connectivity index (χ0v) is 25.3. The highest BCUT2D eigenvalue weighted by molar-refractivity contribution is 5.85. The Morgan fingerprint density at radius 3 is 1.82 bits per heavy atom. The van der Waals surface area contributed by atoms with E-state index in [1.807, 2.05) is 24.4 Å². The second-order valence-electron chi connectivity index (χ2n) is 12.2. The van der Waals surface area contributed by atoms with Crippen molar-refractivity contribution < 1.29 is 0 Å². The van der Waals surface area contributed by atoms with Crippen molar-refractivity contribution >= 4 is 0 Å². The average Bonchev–Trinajstić information content (AvgIpc) is 3.34. The molecule has 1 aliphatic rings. The van der Waals surface area contributed by atoms with Crippen molar-refractivity contribution in [3.63, 3.8) is 0 Å². The van der Waals surface area contributed by atoms with Crippen molar-refractivity contribution in [1.29, 1.82) is 0 Å². The van der Waals surface area contributed by atoms with Gasteiger partial charge in [-0.25, -0.2) is 9.97 Å². The predicted molar refractivity (Wildman–Crippen MR) is 185 cm³/mol. The summed E-state index contributed by atoms with van der Waals surface area (Å²) < 4.78 is 0. The fourth-order valence-corrected chi connectivity index (χ4v) is 6.59. The molecule has 2 heterocycles. The van der Waals surface area contributed by atoms with Crippen molar-refractivity contribution in [2.24, 2.45) is 0 Å². The summed E-state index contributed by atoms with van der Waals surface area (Å²) in [5.41, 5.74) is 14.8. The summed E-state index contributed by atoms with van der Waals surface area (Å²) in [7, 11) is 0. The molecule has 0 bridgehead atoms. The molecule has 0 fully saturated rings. The van der Waals surface area contributed by atoms with Gasteiger partial charge in [-0.2, -0.15) is 0 Å². The van der Waals surface area contributed by atoms with Gasteiger partial charge in [0.2, 0.25) is 0 Å². The molecule has 0 unspecified atom stereocenters. The molecule has 0 atom stereocenters. The molecule has 5 aromatic carbocycles. The molecular weight excluding hydrogens is 546 g/mol. The van der Waals surface area contributed by atoms with Gasteiger partial charge in [0.1, 0.15) is 0 Å². The van der Waals surface area contributed by atoms with Crippen molar-refractivity contribution in [2.45, 2.75) is 19.3 Å². The van der Waals surface area contributed by atoms with Crippen molar-refractivity contribution in [2.75, 3.05) is 0 Å².